The Balaban J connectivity index is 0.000000169. The second-order valence-corrected chi connectivity index (χ2v) is 8.84. The van der Waals surface area contributed by atoms with Gasteiger partial charge in [-0.05, 0) is 69.4 Å². The number of hydrogen-bond acceptors (Lipinski definition) is 7. The molecule has 0 unspecified atom stereocenters. The fraction of sp³-hybridized carbons (Fsp3) is 0.269. The van der Waals surface area contributed by atoms with Crippen LogP contribution in [-0.4, -0.2) is 35.7 Å². The van der Waals surface area contributed by atoms with Crippen molar-refractivity contribution in [1.82, 2.24) is 29.9 Å². The van der Waals surface area contributed by atoms with Gasteiger partial charge in [0.1, 0.15) is 11.6 Å². The highest BCUT2D eigenvalue weighted by Crippen LogP contribution is 2.31. The number of nitrogens with zero attached hydrogens (tertiary/aromatic N) is 6. The van der Waals surface area contributed by atoms with E-state index in [0.717, 1.165) is 76.7 Å². The summed E-state index contributed by atoms with van der Waals surface area (Å²) in [5.41, 5.74) is 6.79. The number of ketones is 1. The Bertz CT molecular complexity index is 1390. The van der Waals surface area contributed by atoms with Crippen molar-refractivity contribution in [3.8, 4) is 22.6 Å². The first-order valence-electron chi connectivity index (χ1n) is 11.3. The molecule has 6 rings (SSSR count). The molecule has 0 N–H and O–H groups in total. The molecule has 1 aromatic carbocycles. The predicted molar refractivity (Wildman–Crippen MR) is 130 cm³/mol. The van der Waals surface area contributed by atoms with Gasteiger partial charge in [-0.2, -0.15) is 0 Å². The molecule has 170 valence electrons. The molecule has 8 heteroatoms. The zero-order valence-electron chi connectivity index (χ0n) is 19.0. The van der Waals surface area contributed by atoms with Crippen molar-refractivity contribution < 1.29 is 4.79 Å². The van der Waals surface area contributed by atoms with Gasteiger partial charge >= 0.3 is 0 Å². The van der Waals surface area contributed by atoms with Crippen molar-refractivity contribution in [2.75, 3.05) is 0 Å². The molecule has 2 aliphatic rings. The number of carbonyl (C=O) groups excluding carboxylic acids is 1. The van der Waals surface area contributed by atoms with E-state index in [1.165, 1.54) is 0 Å². The van der Waals surface area contributed by atoms with Crippen LogP contribution in [0.25, 0.3) is 22.6 Å². The van der Waals surface area contributed by atoms with Crippen LogP contribution >= 0.6 is 11.6 Å². The summed E-state index contributed by atoms with van der Waals surface area (Å²) in [6.07, 6.45) is 9.77. The quantitative estimate of drug-likeness (QED) is 0.387. The molecule has 0 spiro atoms. The minimum atomic E-state index is 0.191. The van der Waals surface area contributed by atoms with Gasteiger partial charge in [0.05, 0.1) is 22.6 Å². The van der Waals surface area contributed by atoms with Crippen molar-refractivity contribution in [2.45, 2.75) is 46.0 Å². The summed E-state index contributed by atoms with van der Waals surface area (Å²) in [4.78, 5) is 37.7. The van der Waals surface area contributed by atoms with Gasteiger partial charge in [0.15, 0.2) is 11.6 Å². The van der Waals surface area contributed by atoms with E-state index >= 15 is 0 Å². The summed E-state index contributed by atoms with van der Waals surface area (Å²) in [6.45, 7) is 3.76. The molecule has 0 saturated carbocycles. The van der Waals surface area contributed by atoms with Gasteiger partial charge in [0, 0.05) is 41.2 Å². The second kappa shape index (κ2) is 9.35. The van der Waals surface area contributed by atoms with E-state index in [1.54, 1.807) is 6.20 Å². The van der Waals surface area contributed by atoms with Gasteiger partial charge in [0.25, 0.3) is 0 Å². The SMILES string of the molecule is Cc1ncc2c(n1)CCCC2=O.Cc1ncc2c(n1)CCc1cnc(-c3ccc(Cl)cc3)nc1-2. The van der Waals surface area contributed by atoms with Crippen molar-refractivity contribution in [3.63, 3.8) is 0 Å². The molecule has 0 amide bonds. The van der Waals surface area contributed by atoms with Gasteiger partial charge < -0.3 is 0 Å². The van der Waals surface area contributed by atoms with Crippen LogP contribution in [0.4, 0.5) is 0 Å². The van der Waals surface area contributed by atoms with Gasteiger partial charge in [-0.3, -0.25) is 4.79 Å². The minimum Gasteiger partial charge on any atom is -0.294 e. The molecule has 2 aliphatic carbocycles. The second-order valence-electron chi connectivity index (χ2n) is 8.41. The highest BCUT2D eigenvalue weighted by Gasteiger charge is 2.21. The molecule has 0 saturated heterocycles. The number of halogens is 1. The van der Waals surface area contributed by atoms with E-state index in [0.29, 0.717) is 17.3 Å². The average Bonchev–Trinajstić information content (AvgIpc) is 2.84. The molecule has 4 aromatic rings. The molecule has 7 nitrogen and oxygen atoms in total. The smallest absolute Gasteiger partial charge is 0.166 e. The average molecular weight is 471 g/mol. The number of fused-ring (bicyclic) bond motifs is 4. The van der Waals surface area contributed by atoms with Gasteiger partial charge in [0.2, 0.25) is 0 Å². The summed E-state index contributed by atoms with van der Waals surface area (Å²) < 4.78 is 0. The van der Waals surface area contributed by atoms with Crippen molar-refractivity contribution in [2.24, 2.45) is 0 Å². The van der Waals surface area contributed by atoms with Crippen molar-refractivity contribution in [3.05, 3.63) is 82.0 Å². The Morgan fingerprint density at radius 1 is 0.735 bits per heavy atom. The maximum Gasteiger partial charge on any atom is 0.166 e. The summed E-state index contributed by atoms with van der Waals surface area (Å²) in [6, 6.07) is 7.55. The summed E-state index contributed by atoms with van der Waals surface area (Å²) in [5, 5.41) is 0.705. The molecule has 0 bridgehead atoms. The number of benzene rings is 1. The Morgan fingerprint density at radius 3 is 2.15 bits per heavy atom. The standard InChI is InChI=1S/C17H13ClN4.C9H10N2O/c1-10-19-9-14-15(21-10)7-4-12-8-20-17(22-16(12)14)11-2-5-13(18)6-3-11;1-6-10-5-7-8(11-6)3-2-4-9(7)12/h2-3,5-6,8-9H,4,7H2,1H3;5H,2-4H2,1H3. The van der Waals surface area contributed by atoms with Crippen molar-refractivity contribution >= 4 is 17.4 Å². The molecular weight excluding hydrogens is 448 g/mol. The maximum absolute atomic E-state index is 11.3. The van der Waals surface area contributed by atoms with Crippen LogP contribution in [-0.2, 0) is 19.3 Å². The van der Waals surface area contributed by atoms with E-state index in [4.69, 9.17) is 16.6 Å². The number of Topliss-reactive ketones (excluding diaryl/α,β-unsaturated/α-hetero) is 1. The summed E-state index contributed by atoms with van der Waals surface area (Å²) in [5.74, 6) is 2.44. The molecule has 0 atom stereocenters. The van der Waals surface area contributed by atoms with Gasteiger partial charge in [-0.25, -0.2) is 29.9 Å². The maximum atomic E-state index is 11.3. The van der Waals surface area contributed by atoms with Crippen LogP contribution in [0.5, 0.6) is 0 Å². The van der Waals surface area contributed by atoms with Crippen LogP contribution in [0.2, 0.25) is 5.02 Å². The van der Waals surface area contributed by atoms with Crippen LogP contribution in [0.15, 0.2) is 42.9 Å². The van der Waals surface area contributed by atoms with Gasteiger partial charge in [-0.1, -0.05) is 11.6 Å². The van der Waals surface area contributed by atoms with E-state index in [-0.39, 0.29) is 5.78 Å². The molecule has 34 heavy (non-hydrogen) atoms. The van der Waals surface area contributed by atoms with Crippen LogP contribution in [0.3, 0.4) is 0 Å². The fourth-order valence-electron chi connectivity index (χ4n) is 4.21. The molecule has 3 aromatic heterocycles. The normalized spacial score (nSPS) is 13.8. The lowest BCUT2D eigenvalue weighted by Crippen LogP contribution is -2.13. The predicted octanol–water partition coefficient (Wildman–Crippen LogP) is 4.97. The van der Waals surface area contributed by atoms with E-state index in [1.807, 2.05) is 50.5 Å². The Kier molecular flexibility index (Phi) is 6.11. The number of carbonyl (C=O) groups is 1. The third-order valence-electron chi connectivity index (χ3n) is 5.95. The lowest BCUT2D eigenvalue weighted by molar-refractivity contribution is 0.0971. The lowest BCUT2D eigenvalue weighted by Gasteiger charge is -2.18. The molecule has 3 heterocycles. The highest BCUT2D eigenvalue weighted by molar-refractivity contribution is 6.30. The zero-order chi connectivity index (χ0) is 23.7. The molecule has 0 fully saturated rings. The topological polar surface area (TPSA) is 94.4 Å². The first kappa shape index (κ1) is 22.2. The molecule has 0 aliphatic heterocycles. The summed E-state index contributed by atoms with van der Waals surface area (Å²) >= 11 is 5.94. The van der Waals surface area contributed by atoms with Crippen LogP contribution in [0, 0.1) is 13.8 Å². The Morgan fingerprint density at radius 2 is 1.41 bits per heavy atom. The first-order valence-corrected chi connectivity index (χ1v) is 11.7. The zero-order valence-corrected chi connectivity index (χ0v) is 19.8. The largest absolute Gasteiger partial charge is 0.294 e. The first-order chi connectivity index (χ1) is 16.5. The Labute approximate surface area is 202 Å². The fourth-order valence-corrected chi connectivity index (χ4v) is 4.34. The van der Waals surface area contributed by atoms with E-state index < -0.39 is 0 Å². The summed E-state index contributed by atoms with van der Waals surface area (Å²) in [7, 11) is 0. The van der Waals surface area contributed by atoms with Crippen LogP contribution in [0.1, 0.15) is 51.8 Å². The van der Waals surface area contributed by atoms with E-state index in [2.05, 4.69) is 24.9 Å². The molecule has 0 radical (unpaired) electrons. The highest BCUT2D eigenvalue weighted by atomic mass is 35.5. The number of rotatable bonds is 1. The Hall–Kier alpha value is -3.58. The monoisotopic (exact) mass is 470 g/mol. The number of aromatic nitrogens is 6. The lowest BCUT2D eigenvalue weighted by atomic mass is 9.94. The van der Waals surface area contributed by atoms with Crippen LogP contribution < -0.4 is 0 Å². The van der Waals surface area contributed by atoms with E-state index in [9.17, 15) is 4.79 Å². The molecular formula is C26H23ClN6O. The number of hydrogen-bond donors (Lipinski definition) is 0. The van der Waals surface area contributed by atoms with Crippen molar-refractivity contribution in [1.29, 1.82) is 0 Å². The third kappa shape index (κ3) is 4.56. The minimum absolute atomic E-state index is 0.191. The number of aryl methyl sites for hydroxylation is 5. The van der Waals surface area contributed by atoms with Gasteiger partial charge in [-0.15, -0.1) is 0 Å². The third-order valence-corrected chi connectivity index (χ3v) is 6.20.